The number of hydrogen-bond acceptors (Lipinski definition) is 19. The molecule has 8 aliphatic rings. The molecule has 8 rings (SSSR count). The molecular weight excluding hydrogens is 1230 g/mol. The molecule has 0 bridgehead atoms. The number of ketones is 8. The molecule has 0 amide bonds. The van der Waals surface area contributed by atoms with E-state index in [0.717, 1.165) is 70.6 Å². The standard InChI is InChI=1S/C11H20O2.2C10H19NO2.2C10H18O2.C9H16O2.C8H15NO2.C8H14O2.2CH4/c1-8(2)10(12)11(13)6-4-5-9(3)7-11;1-7(2)9(12)10(13)5-3-8(11)4-6-10;1-7(2)9(12)10(13)6-4-3-5-8(10)11;1-7(2)9(11)10(12)5-4-8(3)6-10;1-7(2)9(11)10(12)6-4-5-8(10)3;1-6(2)8(10)9(11)5-4-7(9)3;1-5(2)7(10)8(11)3-6(9)4-8;1-5(2)7(9)8(10)4-6(8)3;;/h8-9,13H,4-7H2,1-3H3;2*7-8,13H,3-6,11H2,1-2H3;2*7-8,12H,4-6H2,1-3H3;6-7,11H,4-5H2,1-3H3;5-6,11H,3-4,9H2,1-2H3;5-6,10H,4H2,1-3H3;2*1H4. The van der Waals surface area contributed by atoms with Crippen molar-refractivity contribution in [2.24, 2.45) is 94.1 Å². The van der Waals surface area contributed by atoms with Crippen LogP contribution in [0.5, 0.6) is 0 Å². The summed E-state index contributed by atoms with van der Waals surface area (Å²) in [5, 5.41) is 79.1. The summed E-state index contributed by atoms with van der Waals surface area (Å²) < 4.78 is 0. The number of nitrogens with two attached hydrogens (primary N) is 3. The van der Waals surface area contributed by atoms with Gasteiger partial charge in [0.05, 0.1) is 0 Å². The predicted octanol–water partition coefficient (Wildman–Crippen LogP) is 11.1. The second-order valence-corrected chi connectivity index (χ2v) is 33.2. The van der Waals surface area contributed by atoms with Gasteiger partial charge in [0.1, 0.15) is 44.8 Å². The first-order valence-corrected chi connectivity index (χ1v) is 36.7. The van der Waals surface area contributed by atoms with Crippen molar-refractivity contribution in [3.8, 4) is 0 Å². The quantitative estimate of drug-likeness (QED) is 0.0684. The minimum Gasteiger partial charge on any atom is -0.382 e. The zero-order valence-electron chi connectivity index (χ0n) is 63.1. The normalized spacial score (nSPS) is 35.3. The molecule has 0 aliphatic heterocycles. The molecule has 8 saturated carbocycles. The van der Waals surface area contributed by atoms with Crippen LogP contribution in [-0.4, -0.2) is 150 Å². The Morgan fingerprint density at radius 1 is 0.278 bits per heavy atom. The van der Waals surface area contributed by atoms with Crippen LogP contribution in [0.3, 0.4) is 0 Å². The minimum absolute atomic E-state index is 0. The van der Waals surface area contributed by atoms with Crippen molar-refractivity contribution in [1.29, 1.82) is 0 Å². The van der Waals surface area contributed by atoms with Crippen LogP contribution >= 0.6 is 0 Å². The van der Waals surface area contributed by atoms with E-state index in [4.69, 9.17) is 17.2 Å². The van der Waals surface area contributed by atoms with Crippen LogP contribution < -0.4 is 17.2 Å². The van der Waals surface area contributed by atoms with E-state index in [0.29, 0.717) is 88.9 Å². The number of carbonyl (C=O) groups excluding carboxylic acids is 8. The fraction of sp³-hybridized carbons (Fsp3) is 0.897. The Kier molecular flexibility index (Phi) is 39.7. The number of carbonyl (C=O) groups is 8. The molecule has 0 aromatic carbocycles. The van der Waals surface area contributed by atoms with Crippen molar-refractivity contribution in [2.45, 2.75) is 371 Å². The van der Waals surface area contributed by atoms with Crippen LogP contribution in [0.4, 0.5) is 0 Å². The van der Waals surface area contributed by atoms with Crippen molar-refractivity contribution in [2.75, 3.05) is 0 Å². The molecule has 0 saturated heterocycles. The molecule has 8 aliphatic carbocycles. The number of Topliss-reactive ketones (excluding diaryl/α,β-unsaturated/α-hetero) is 8. The van der Waals surface area contributed by atoms with Crippen LogP contribution in [0.25, 0.3) is 0 Å². The summed E-state index contributed by atoms with van der Waals surface area (Å²) >= 11 is 0. The highest BCUT2D eigenvalue weighted by molar-refractivity contribution is 5.93. The van der Waals surface area contributed by atoms with E-state index in [1.165, 1.54) is 0 Å². The molecule has 14 N–H and O–H groups in total. The van der Waals surface area contributed by atoms with Crippen LogP contribution in [0, 0.1) is 76.9 Å². The molecule has 0 spiro atoms. The minimum atomic E-state index is -1.24. The Balaban J connectivity index is 0. The lowest BCUT2D eigenvalue weighted by Crippen LogP contribution is -2.57. The van der Waals surface area contributed by atoms with Gasteiger partial charge < -0.3 is 58.1 Å². The Hall–Kier alpha value is -3.08. The first-order chi connectivity index (χ1) is 43.2. The summed E-state index contributed by atoms with van der Waals surface area (Å²) in [4.78, 5) is 92.1. The lowest BCUT2D eigenvalue weighted by atomic mass is 9.66. The molecule has 0 heterocycles. The van der Waals surface area contributed by atoms with Crippen molar-refractivity contribution in [3.63, 3.8) is 0 Å². The van der Waals surface area contributed by atoms with Crippen LogP contribution in [0.1, 0.15) is 308 Å². The fourth-order valence-electron chi connectivity index (χ4n) is 14.6. The average molecular weight is 1380 g/mol. The van der Waals surface area contributed by atoms with Gasteiger partial charge in [0.25, 0.3) is 0 Å². The van der Waals surface area contributed by atoms with E-state index in [9.17, 15) is 79.2 Å². The van der Waals surface area contributed by atoms with Gasteiger partial charge >= 0.3 is 0 Å². The second kappa shape index (κ2) is 40.1. The molecule has 0 aromatic rings. The van der Waals surface area contributed by atoms with E-state index in [2.05, 4.69) is 13.8 Å². The molecule has 97 heavy (non-hydrogen) atoms. The molecule has 19 nitrogen and oxygen atoms in total. The van der Waals surface area contributed by atoms with Gasteiger partial charge in [0.2, 0.25) is 0 Å². The van der Waals surface area contributed by atoms with E-state index in [1.54, 1.807) is 13.8 Å². The summed E-state index contributed by atoms with van der Waals surface area (Å²) in [6, 6.07) is -0.181. The summed E-state index contributed by atoms with van der Waals surface area (Å²) in [7, 11) is 0. The summed E-state index contributed by atoms with van der Waals surface area (Å²) in [6.07, 6.45) is 17.3. The van der Waals surface area contributed by atoms with Crippen LogP contribution in [-0.2, 0) is 38.4 Å². The van der Waals surface area contributed by atoms with Crippen molar-refractivity contribution < 1.29 is 79.2 Å². The van der Waals surface area contributed by atoms with Crippen LogP contribution in [0.15, 0.2) is 0 Å². The Morgan fingerprint density at radius 2 is 0.588 bits per heavy atom. The third kappa shape index (κ3) is 26.6. The molecule has 0 aromatic heterocycles. The van der Waals surface area contributed by atoms with Gasteiger partial charge in [-0.25, -0.2) is 0 Å². The second-order valence-electron chi connectivity index (χ2n) is 33.2. The first-order valence-electron chi connectivity index (χ1n) is 36.7. The lowest BCUT2D eigenvalue weighted by molar-refractivity contribution is -0.159. The van der Waals surface area contributed by atoms with E-state index in [-0.39, 0.29) is 144 Å². The third-order valence-electron chi connectivity index (χ3n) is 21.5. The zero-order valence-corrected chi connectivity index (χ0v) is 63.1. The zero-order chi connectivity index (χ0) is 74.1. The highest BCUT2D eigenvalue weighted by Gasteiger charge is 2.56. The number of hydrogen-bond donors (Lipinski definition) is 11. The highest BCUT2D eigenvalue weighted by Crippen LogP contribution is 2.45. The SMILES string of the molecule is C.C.CC(C)C(=O)C1(O)CC(N)C1.CC(C)C(=O)C1(O)CC1C.CC(C)C(=O)C1(O)CCC(N)CC1.CC(C)C(=O)C1(O)CCC1C.CC(C)C(=O)C1(O)CCCC1C.CC(C)C(=O)C1(O)CCCCC1N.CC1CCC(O)(C(=O)C(C)C)C1.CC1CCCC(O)(C(=O)C(C)C)C1. The van der Waals surface area contributed by atoms with Crippen LogP contribution in [0.2, 0.25) is 0 Å². The van der Waals surface area contributed by atoms with Gasteiger partial charge in [-0.05, 0) is 164 Å². The smallest absolute Gasteiger partial charge is 0.168 e. The Morgan fingerprint density at radius 3 is 0.866 bits per heavy atom. The average Bonchev–Trinajstić information content (AvgIpc) is 1.71. The third-order valence-corrected chi connectivity index (χ3v) is 21.5. The molecular formula is C78H147N3O16. The van der Waals surface area contributed by atoms with Gasteiger partial charge in [-0.15, -0.1) is 0 Å². The summed E-state index contributed by atoms with van der Waals surface area (Å²) in [5.74, 6) is 0.851. The Bertz CT molecular complexity index is 2480. The summed E-state index contributed by atoms with van der Waals surface area (Å²) in [5.41, 5.74) is 8.62. The maximum absolute atomic E-state index is 11.7. The van der Waals surface area contributed by atoms with Gasteiger partial charge in [-0.2, -0.15) is 0 Å². The highest BCUT2D eigenvalue weighted by atomic mass is 16.3. The molecule has 0 radical (unpaired) electrons. The van der Waals surface area contributed by atoms with E-state index in [1.807, 2.05) is 118 Å². The molecule has 12 unspecified atom stereocenters. The topological polar surface area (TPSA) is 376 Å². The predicted molar refractivity (Wildman–Crippen MR) is 388 cm³/mol. The van der Waals surface area contributed by atoms with Gasteiger partial charge in [0.15, 0.2) is 46.3 Å². The number of rotatable bonds is 16. The first kappa shape index (κ1) is 96.0. The summed E-state index contributed by atoms with van der Waals surface area (Å²) in [6.45, 7) is 39.3. The molecule has 570 valence electrons. The molecule has 8 fully saturated rings. The largest absolute Gasteiger partial charge is 0.382 e. The van der Waals surface area contributed by atoms with Gasteiger partial charge in [-0.1, -0.05) is 173 Å². The van der Waals surface area contributed by atoms with Gasteiger partial charge in [0, 0.05) is 65.5 Å². The van der Waals surface area contributed by atoms with Gasteiger partial charge in [-0.3, -0.25) is 38.4 Å². The van der Waals surface area contributed by atoms with E-state index < -0.39 is 44.8 Å². The van der Waals surface area contributed by atoms with Crippen molar-refractivity contribution >= 4 is 46.3 Å². The molecule has 19 heteroatoms. The van der Waals surface area contributed by atoms with Crippen molar-refractivity contribution in [3.05, 3.63) is 0 Å². The lowest BCUT2D eigenvalue weighted by Gasteiger charge is -2.43. The maximum Gasteiger partial charge on any atom is 0.168 e. The molecule has 12 atom stereocenters. The number of aliphatic hydroxyl groups is 8. The maximum atomic E-state index is 11.7. The van der Waals surface area contributed by atoms with E-state index >= 15 is 0 Å². The van der Waals surface area contributed by atoms with Crippen molar-refractivity contribution in [1.82, 2.24) is 0 Å². The fourth-order valence-corrected chi connectivity index (χ4v) is 14.6. The Labute approximate surface area is 588 Å². The monoisotopic (exact) mass is 1380 g/mol.